The summed E-state index contributed by atoms with van der Waals surface area (Å²) in [6, 6.07) is 13.8. The van der Waals surface area contributed by atoms with E-state index in [1.54, 1.807) is 24.3 Å². The lowest BCUT2D eigenvalue weighted by Gasteiger charge is -2.19. The van der Waals surface area contributed by atoms with Gasteiger partial charge in [0.05, 0.1) is 6.10 Å². The summed E-state index contributed by atoms with van der Waals surface area (Å²) in [5.41, 5.74) is 3.33. The molecule has 1 amide bonds. The SMILES string of the molecule is CC(C)CCc1ccc(C#Cc2ccc(C(=O)N[C@H](C(=O)CO)[C@@H](C)O)cc2)cc1. The van der Waals surface area contributed by atoms with Gasteiger partial charge in [-0.05, 0) is 67.6 Å². The first-order valence-electron chi connectivity index (χ1n) is 10.1. The molecule has 0 bridgehead atoms. The van der Waals surface area contributed by atoms with Crippen LogP contribution >= 0.6 is 0 Å². The van der Waals surface area contributed by atoms with Crippen LogP contribution in [0.15, 0.2) is 48.5 Å². The molecule has 2 atom stereocenters. The zero-order valence-corrected chi connectivity index (χ0v) is 17.7. The van der Waals surface area contributed by atoms with E-state index >= 15 is 0 Å². The Morgan fingerprint density at radius 2 is 1.47 bits per heavy atom. The molecule has 30 heavy (non-hydrogen) atoms. The van der Waals surface area contributed by atoms with Crippen molar-refractivity contribution in [2.75, 3.05) is 6.61 Å². The number of carbonyl (C=O) groups excluding carboxylic acids is 2. The van der Waals surface area contributed by atoms with Crippen molar-refractivity contribution in [2.24, 2.45) is 5.92 Å². The summed E-state index contributed by atoms with van der Waals surface area (Å²) in [5, 5.41) is 21.1. The Balaban J connectivity index is 2.01. The second-order valence-corrected chi connectivity index (χ2v) is 7.77. The van der Waals surface area contributed by atoms with Crippen molar-refractivity contribution in [3.63, 3.8) is 0 Å². The summed E-state index contributed by atoms with van der Waals surface area (Å²) in [6.45, 7) is 5.07. The van der Waals surface area contributed by atoms with E-state index < -0.39 is 30.4 Å². The van der Waals surface area contributed by atoms with E-state index in [4.69, 9.17) is 5.11 Å². The Bertz CT molecular complexity index is 903. The van der Waals surface area contributed by atoms with Crippen LogP contribution in [0.1, 0.15) is 54.2 Å². The molecule has 0 aliphatic rings. The molecule has 0 aromatic heterocycles. The first kappa shape index (κ1) is 23.3. The van der Waals surface area contributed by atoms with Crippen LogP contribution < -0.4 is 5.32 Å². The van der Waals surface area contributed by atoms with Crippen LogP contribution in [-0.4, -0.2) is 40.7 Å². The molecule has 0 heterocycles. The molecule has 0 aliphatic heterocycles. The van der Waals surface area contributed by atoms with E-state index in [2.05, 4.69) is 43.1 Å². The summed E-state index contributed by atoms with van der Waals surface area (Å²) in [7, 11) is 0. The van der Waals surface area contributed by atoms with Crippen molar-refractivity contribution >= 4 is 11.7 Å². The number of aliphatic hydroxyl groups excluding tert-OH is 2. The molecule has 2 rings (SSSR count). The first-order valence-corrected chi connectivity index (χ1v) is 10.1. The highest BCUT2D eigenvalue weighted by molar-refractivity contribution is 5.98. The second kappa shape index (κ2) is 11.3. The topological polar surface area (TPSA) is 86.6 Å². The molecule has 0 fully saturated rings. The van der Waals surface area contributed by atoms with Gasteiger partial charge in [-0.1, -0.05) is 37.8 Å². The molecule has 0 unspecified atom stereocenters. The minimum absolute atomic E-state index is 0.339. The van der Waals surface area contributed by atoms with Crippen molar-refractivity contribution in [3.8, 4) is 11.8 Å². The zero-order valence-electron chi connectivity index (χ0n) is 17.7. The normalized spacial score (nSPS) is 12.6. The van der Waals surface area contributed by atoms with E-state index in [1.807, 2.05) is 12.1 Å². The third-order valence-corrected chi connectivity index (χ3v) is 4.73. The lowest BCUT2D eigenvalue weighted by Crippen LogP contribution is -2.48. The summed E-state index contributed by atoms with van der Waals surface area (Å²) in [5.74, 6) is 5.73. The van der Waals surface area contributed by atoms with Crippen molar-refractivity contribution < 1.29 is 19.8 Å². The zero-order chi connectivity index (χ0) is 22.1. The van der Waals surface area contributed by atoms with Gasteiger partial charge in [0, 0.05) is 16.7 Å². The smallest absolute Gasteiger partial charge is 0.251 e. The highest BCUT2D eigenvalue weighted by atomic mass is 16.3. The Morgan fingerprint density at radius 1 is 0.933 bits per heavy atom. The third kappa shape index (κ3) is 7.14. The fourth-order valence-corrected chi connectivity index (χ4v) is 2.85. The van der Waals surface area contributed by atoms with Gasteiger partial charge >= 0.3 is 0 Å². The van der Waals surface area contributed by atoms with E-state index in [0.29, 0.717) is 11.5 Å². The van der Waals surface area contributed by atoms with Crippen LogP contribution in [0.5, 0.6) is 0 Å². The molecular formula is C25H29NO4. The molecule has 0 radical (unpaired) electrons. The van der Waals surface area contributed by atoms with Gasteiger partial charge in [0.2, 0.25) is 0 Å². The highest BCUT2D eigenvalue weighted by Gasteiger charge is 2.25. The van der Waals surface area contributed by atoms with Gasteiger partial charge in [0.1, 0.15) is 12.6 Å². The number of nitrogens with one attached hydrogen (secondary N) is 1. The number of amides is 1. The predicted octanol–water partition coefficient (Wildman–Crippen LogP) is 2.72. The van der Waals surface area contributed by atoms with Crippen molar-refractivity contribution in [1.29, 1.82) is 0 Å². The van der Waals surface area contributed by atoms with Gasteiger partial charge in [-0.3, -0.25) is 9.59 Å². The van der Waals surface area contributed by atoms with Crippen LogP contribution in [-0.2, 0) is 11.2 Å². The van der Waals surface area contributed by atoms with Gasteiger partial charge in [0.15, 0.2) is 5.78 Å². The van der Waals surface area contributed by atoms with Crippen molar-refractivity contribution in [2.45, 2.75) is 45.8 Å². The Hall–Kier alpha value is -2.94. The van der Waals surface area contributed by atoms with Gasteiger partial charge < -0.3 is 15.5 Å². The average molecular weight is 408 g/mol. The lowest BCUT2D eigenvalue weighted by atomic mass is 10.0. The monoisotopic (exact) mass is 407 g/mol. The molecule has 2 aromatic carbocycles. The number of rotatable bonds is 8. The van der Waals surface area contributed by atoms with Crippen LogP contribution in [0.3, 0.4) is 0 Å². The molecule has 5 heteroatoms. The fraction of sp³-hybridized carbons (Fsp3) is 0.360. The number of aryl methyl sites for hydroxylation is 1. The third-order valence-electron chi connectivity index (χ3n) is 4.73. The van der Waals surface area contributed by atoms with Gasteiger partial charge in [-0.25, -0.2) is 0 Å². The Labute approximate surface area is 178 Å². The van der Waals surface area contributed by atoms with E-state index in [0.717, 1.165) is 24.0 Å². The fourth-order valence-electron chi connectivity index (χ4n) is 2.85. The number of ketones is 1. The molecule has 0 spiro atoms. The average Bonchev–Trinajstić information content (AvgIpc) is 2.74. The van der Waals surface area contributed by atoms with Crippen molar-refractivity contribution in [3.05, 3.63) is 70.8 Å². The minimum Gasteiger partial charge on any atom is -0.391 e. The Morgan fingerprint density at radius 3 is 1.93 bits per heavy atom. The number of benzene rings is 2. The number of hydrogen-bond donors (Lipinski definition) is 3. The van der Waals surface area contributed by atoms with Gasteiger partial charge in [0.25, 0.3) is 5.91 Å². The predicted molar refractivity (Wildman–Crippen MR) is 117 cm³/mol. The molecule has 158 valence electrons. The molecule has 0 saturated heterocycles. The van der Waals surface area contributed by atoms with Gasteiger partial charge in [-0.2, -0.15) is 0 Å². The number of hydrogen-bond acceptors (Lipinski definition) is 4. The molecular weight excluding hydrogens is 378 g/mol. The summed E-state index contributed by atoms with van der Waals surface area (Å²) in [4.78, 5) is 23.9. The summed E-state index contributed by atoms with van der Waals surface area (Å²) >= 11 is 0. The summed E-state index contributed by atoms with van der Waals surface area (Å²) < 4.78 is 0. The number of aliphatic hydroxyl groups is 2. The first-order chi connectivity index (χ1) is 14.3. The second-order valence-electron chi connectivity index (χ2n) is 7.77. The molecule has 0 aliphatic carbocycles. The van der Waals surface area contributed by atoms with E-state index in [-0.39, 0.29) is 0 Å². The lowest BCUT2D eigenvalue weighted by molar-refractivity contribution is -0.125. The standard InChI is InChI=1S/C25H29NO4/c1-17(2)4-5-19-6-8-20(9-7-19)10-11-21-12-14-22(15-13-21)25(30)26-24(18(3)28)23(29)16-27/h6-9,12-15,17-18,24,27-28H,4-5,16H2,1-3H3,(H,26,30)/t18-,24+/m1/s1. The Kier molecular flexibility index (Phi) is 8.79. The number of carbonyl (C=O) groups is 2. The number of Topliss-reactive ketones (excluding diaryl/α,β-unsaturated/α-hetero) is 1. The van der Waals surface area contributed by atoms with Crippen LogP contribution in [0.25, 0.3) is 0 Å². The van der Waals surface area contributed by atoms with E-state index in [1.165, 1.54) is 12.5 Å². The molecule has 3 N–H and O–H groups in total. The maximum absolute atomic E-state index is 12.3. The van der Waals surface area contributed by atoms with Crippen molar-refractivity contribution in [1.82, 2.24) is 5.32 Å². The maximum Gasteiger partial charge on any atom is 0.251 e. The van der Waals surface area contributed by atoms with Crippen LogP contribution in [0, 0.1) is 17.8 Å². The van der Waals surface area contributed by atoms with Crippen LogP contribution in [0.4, 0.5) is 0 Å². The summed E-state index contributed by atoms with van der Waals surface area (Å²) in [6.07, 6.45) is 1.13. The van der Waals surface area contributed by atoms with Crippen LogP contribution in [0.2, 0.25) is 0 Å². The quantitative estimate of drug-likeness (QED) is 0.587. The molecule has 2 aromatic rings. The molecule has 0 saturated carbocycles. The van der Waals surface area contributed by atoms with Gasteiger partial charge in [-0.15, -0.1) is 0 Å². The molecule has 5 nitrogen and oxygen atoms in total. The largest absolute Gasteiger partial charge is 0.391 e. The van der Waals surface area contributed by atoms with E-state index in [9.17, 15) is 14.7 Å². The maximum atomic E-state index is 12.3. The minimum atomic E-state index is -1.15. The highest BCUT2D eigenvalue weighted by Crippen LogP contribution is 2.11.